The summed E-state index contributed by atoms with van der Waals surface area (Å²) in [5.41, 5.74) is 7.41. The lowest BCUT2D eigenvalue weighted by Gasteiger charge is -2.37. The van der Waals surface area contributed by atoms with E-state index in [9.17, 15) is 0 Å². The van der Waals surface area contributed by atoms with Crippen LogP contribution in [0.25, 0.3) is 0 Å². The first kappa shape index (κ1) is 8.75. The SMILES string of the molecule is C[C@@]1(N)CCCC[C@H]1c1cnc[nH]1. The van der Waals surface area contributed by atoms with E-state index in [-0.39, 0.29) is 5.54 Å². The highest BCUT2D eigenvalue weighted by atomic mass is 14.9. The molecule has 0 saturated heterocycles. The number of nitrogens with one attached hydrogen (secondary N) is 1. The van der Waals surface area contributed by atoms with Crippen molar-refractivity contribution in [2.24, 2.45) is 5.73 Å². The summed E-state index contributed by atoms with van der Waals surface area (Å²) in [6, 6.07) is 0. The van der Waals surface area contributed by atoms with Crippen molar-refractivity contribution in [3.8, 4) is 0 Å². The van der Waals surface area contributed by atoms with E-state index in [1.807, 2.05) is 6.20 Å². The van der Waals surface area contributed by atoms with E-state index >= 15 is 0 Å². The Hall–Kier alpha value is -0.830. The lowest BCUT2D eigenvalue weighted by molar-refractivity contribution is 0.270. The topological polar surface area (TPSA) is 54.7 Å². The van der Waals surface area contributed by atoms with E-state index in [1.54, 1.807) is 6.33 Å². The molecule has 1 aliphatic rings. The Balaban J connectivity index is 2.21. The van der Waals surface area contributed by atoms with Gasteiger partial charge in [0.2, 0.25) is 0 Å². The quantitative estimate of drug-likeness (QED) is 0.690. The molecule has 1 fully saturated rings. The zero-order valence-electron chi connectivity index (χ0n) is 8.09. The summed E-state index contributed by atoms with van der Waals surface area (Å²) in [5, 5.41) is 0. The van der Waals surface area contributed by atoms with Crippen LogP contribution in [0.3, 0.4) is 0 Å². The largest absolute Gasteiger partial charge is 0.348 e. The Kier molecular flexibility index (Phi) is 2.12. The normalized spacial score (nSPS) is 34.8. The lowest BCUT2D eigenvalue weighted by Crippen LogP contribution is -2.44. The molecular formula is C10H17N3. The molecule has 3 N–H and O–H groups in total. The van der Waals surface area contributed by atoms with Crippen molar-refractivity contribution < 1.29 is 0 Å². The third-order valence-corrected chi connectivity index (χ3v) is 3.15. The fourth-order valence-corrected chi connectivity index (χ4v) is 2.33. The van der Waals surface area contributed by atoms with Gasteiger partial charge in [-0.25, -0.2) is 4.98 Å². The zero-order chi connectivity index (χ0) is 9.31. The van der Waals surface area contributed by atoms with Crippen LogP contribution in [0.4, 0.5) is 0 Å². The first-order valence-electron chi connectivity index (χ1n) is 4.97. The summed E-state index contributed by atoms with van der Waals surface area (Å²) in [6.07, 6.45) is 8.50. The van der Waals surface area contributed by atoms with Crippen molar-refractivity contribution in [2.75, 3.05) is 0 Å². The third kappa shape index (κ3) is 1.61. The Labute approximate surface area is 78.7 Å². The first-order chi connectivity index (χ1) is 6.20. The second-order valence-corrected chi connectivity index (χ2v) is 4.31. The number of hydrogen-bond acceptors (Lipinski definition) is 2. The van der Waals surface area contributed by atoms with E-state index in [1.165, 1.54) is 25.0 Å². The van der Waals surface area contributed by atoms with Crippen LogP contribution in [0.2, 0.25) is 0 Å². The number of nitrogens with two attached hydrogens (primary N) is 1. The molecule has 2 rings (SSSR count). The highest BCUT2D eigenvalue weighted by Crippen LogP contribution is 2.37. The maximum absolute atomic E-state index is 6.27. The summed E-state index contributed by atoms with van der Waals surface area (Å²) >= 11 is 0. The smallest absolute Gasteiger partial charge is 0.0921 e. The minimum absolute atomic E-state index is 0.0508. The van der Waals surface area contributed by atoms with Crippen molar-refractivity contribution in [1.82, 2.24) is 9.97 Å². The number of hydrogen-bond donors (Lipinski definition) is 2. The fraction of sp³-hybridized carbons (Fsp3) is 0.700. The van der Waals surface area contributed by atoms with Crippen LogP contribution in [0, 0.1) is 0 Å². The van der Waals surface area contributed by atoms with Crippen LogP contribution in [0.15, 0.2) is 12.5 Å². The van der Waals surface area contributed by atoms with Gasteiger partial charge in [-0.05, 0) is 19.8 Å². The van der Waals surface area contributed by atoms with Crippen LogP contribution in [0.5, 0.6) is 0 Å². The van der Waals surface area contributed by atoms with Crippen molar-refractivity contribution in [3.05, 3.63) is 18.2 Å². The van der Waals surface area contributed by atoms with Gasteiger partial charge >= 0.3 is 0 Å². The monoisotopic (exact) mass is 179 g/mol. The molecule has 1 aromatic heterocycles. The predicted molar refractivity (Wildman–Crippen MR) is 52.4 cm³/mol. The molecular weight excluding hydrogens is 162 g/mol. The number of aromatic nitrogens is 2. The van der Waals surface area contributed by atoms with Crippen LogP contribution in [0.1, 0.15) is 44.2 Å². The molecule has 1 aliphatic carbocycles. The molecule has 13 heavy (non-hydrogen) atoms. The van der Waals surface area contributed by atoms with Gasteiger partial charge < -0.3 is 10.7 Å². The van der Waals surface area contributed by atoms with Crippen molar-refractivity contribution in [3.63, 3.8) is 0 Å². The van der Waals surface area contributed by atoms with Crippen molar-refractivity contribution in [2.45, 2.75) is 44.1 Å². The molecule has 0 radical (unpaired) electrons. The molecule has 0 aromatic carbocycles. The molecule has 0 amide bonds. The summed E-state index contributed by atoms with van der Waals surface area (Å²) < 4.78 is 0. The van der Waals surface area contributed by atoms with Crippen molar-refractivity contribution in [1.29, 1.82) is 0 Å². The molecule has 72 valence electrons. The van der Waals surface area contributed by atoms with E-state index in [2.05, 4.69) is 16.9 Å². The van der Waals surface area contributed by atoms with E-state index in [0.717, 1.165) is 6.42 Å². The first-order valence-corrected chi connectivity index (χ1v) is 4.97. The number of nitrogens with zero attached hydrogens (tertiary/aromatic N) is 1. The predicted octanol–water partition coefficient (Wildman–Crippen LogP) is 1.78. The van der Waals surface area contributed by atoms with Gasteiger partial charge in [0.15, 0.2) is 0 Å². The Morgan fingerprint density at radius 3 is 3.08 bits per heavy atom. The Morgan fingerprint density at radius 2 is 2.46 bits per heavy atom. The second kappa shape index (κ2) is 3.14. The number of aromatic amines is 1. The average molecular weight is 179 g/mol. The van der Waals surface area contributed by atoms with Crippen LogP contribution in [-0.4, -0.2) is 15.5 Å². The summed E-state index contributed by atoms with van der Waals surface area (Å²) in [6.45, 7) is 2.15. The minimum atomic E-state index is -0.0508. The molecule has 1 aromatic rings. The van der Waals surface area contributed by atoms with E-state index in [0.29, 0.717) is 5.92 Å². The molecule has 2 atom stereocenters. The van der Waals surface area contributed by atoms with Gasteiger partial charge in [0.05, 0.1) is 6.33 Å². The van der Waals surface area contributed by atoms with E-state index < -0.39 is 0 Å². The highest BCUT2D eigenvalue weighted by molar-refractivity contribution is 5.13. The average Bonchev–Trinajstić information content (AvgIpc) is 2.55. The highest BCUT2D eigenvalue weighted by Gasteiger charge is 2.34. The Morgan fingerprint density at radius 1 is 1.62 bits per heavy atom. The van der Waals surface area contributed by atoms with Gasteiger partial charge in [-0.2, -0.15) is 0 Å². The van der Waals surface area contributed by atoms with Gasteiger partial charge in [-0.15, -0.1) is 0 Å². The maximum Gasteiger partial charge on any atom is 0.0921 e. The minimum Gasteiger partial charge on any atom is -0.348 e. The molecule has 0 unspecified atom stereocenters. The number of imidazole rings is 1. The van der Waals surface area contributed by atoms with Gasteiger partial charge in [0, 0.05) is 23.3 Å². The molecule has 1 heterocycles. The fourth-order valence-electron chi connectivity index (χ4n) is 2.33. The lowest BCUT2D eigenvalue weighted by atomic mass is 9.73. The van der Waals surface area contributed by atoms with Gasteiger partial charge in [-0.1, -0.05) is 12.8 Å². The summed E-state index contributed by atoms with van der Waals surface area (Å²) in [5.74, 6) is 0.462. The summed E-state index contributed by atoms with van der Waals surface area (Å²) in [4.78, 5) is 7.22. The van der Waals surface area contributed by atoms with Gasteiger partial charge in [-0.3, -0.25) is 0 Å². The standard InChI is InChI=1S/C10H17N3/c1-10(11)5-3-2-4-8(10)9-6-12-7-13-9/h6-8H,2-5,11H2,1H3,(H,12,13)/t8-,10+/m0/s1. The molecule has 3 heteroatoms. The molecule has 0 bridgehead atoms. The van der Waals surface area contributed by atoms with Crippen LogP contribution in [-0.2, 0) is 0 Å². The van der Waals surface area contributed by atoms with Crippen LogP contribution >= 0.6 is 0 Å². The molecule has 3 nitrogen and oxygen atoms in total. The van der Waals surface area contributed by atoms with Crippen LogP contribution < -0.4 is 5.73 Å². The number of rotatable bonds is 1. The molecule has 1 saturated carbocycles. The van der Waals surface area contributed by atoms with E-state index in [4.69, 9.17) is 5.73 Å². The van der Waals surface area contributed by atoms with Crippen molar-refractivity contribution >= 4 is 0 Å². The third-order valence-electron chi connectivity index (χ3n) is 3.15. The zero-order valence-corrected chi connectivity index (χ0v) is 8.09. The second-order valence-electron chi connectivity index (χ2n) is 4.31. The summed E-state index contributed by atoms with van der Waals surface area (Å²) in [7, 11) is 0. The molecule has 0 aliphatic heterocycles. The Bertz CT molecular complexity index is 264. The molecule has 0 spiro atoms. The maximum atomic E-state index is 6.27. The van der Waals surface area contributed by atoms with Gasteiger partial charge in [0.25, 0.3) is 0 Å². The number of H-pyrrole nitrogens is 1. The van der Waals surface area contributed by atoms with Gasteiger partial charge in [0.1, 0.15) is 0 Å².